The number of amides is 1. The minimum atomic E-state index is 0.0390. The highest BCUT2D eigenvalue weighted by Gasteiger charge is 2.32. The number of fused-ring (bicyclic) bond motifs is 1. The summed E-state index contributed by atoms with van der Waals surface area (Å²) in [5.74, 6) is 0.171. The van der Waals surface area contributed by atoms with E-state index in [4.69, 9.17) is 5.73 Å². The largest absolute Gasteiger partial charge is 0.352 e. The van der Waals surface area contributed by atoms with Crippen LogP contribution >= 0.6 is 0 Å². The predicted molar refractivity (Wildman–Crippen MR) is 68.8 cm³/mol. The Kier molecular flexibility index (Phi) is 3.79. The average molecular weight is 232 g/mol. The summed E-state index contributed by atoms with van der Waals surface area (Å²) in [6.07, 6.45) is 2.87. The quantitative estimate of drug-likeness (QED) is 0.809. The van der Waals surface area contributed by atoms with Crippen molar-refractivity contribution in [2.75, 3.05) is 6.54 Å². The van der Waals surface area contributed by atoms with Crippen molar-refractivity contribution in [2.45, 2.75) is 38.1 Å². The van der Waals surface area contributed by atoms with Crippen LogP contribution in [0.15, 0.2) is 24.3 Å². The molecule has 0 aromatic heterocycles. The van der Waals surface area contributed by atoms with E-state index >= 15 is 0 Å². The van der Waals surface area contributed by atoms with Gasteiger partial charge in [-0.1, -0.05) is 37.6 Å². The van der Waals surface area contributed by atoms with Gasteiger partial charge in [0.05, 0.1) is 5.92 Å². The molecule has 1 amide bonds. The summed E-state index contributed by atoms with van der Waals surface area (Å²) in [5, 5.41) is 3.05. The standard InChI is InChI=1S/C14H20N2O/c1-2-5-11(9-15)16-14(17)13-8-10-6-3-4-7-12(10)13/h3-4,6-7,11,13H,2,5,8-9,15H2,1H3,(H,16,17). The van der Waals surface area contributed by atoms with Gasteiger partial charge in [0, 0.05) is 12.6 Å². The predicted octanol–water partition coefficient (Wildman–Crippen LogP) is 1.57. The first-order valence-electron chi connectivity index (χ1n) is 6.34. The van der Waals surface area contributed by atoms with Gasteiger partial charge in [0.25, 0.3) is 0 Å². The molecule has 2 atom stereocenters. The van der Waals surface area contributed by atoms with Crippen LogP contribution < -0.4 is 11.1 Å². The third-order valence-corrected chi connectivity index (χ3v) is 3.44. The first-order valence-corrected chi connectivity index (χ1v) is 6.34. The fraction of sp³-hybridized carbons (Fsp3) is 0.500. The molecule has 0 saturated carbocycles. The van der Waals surface area contributed by atoms with E-state index in [1.54, 1.807) is 0 Å². The highest BCUT2D eigenvalue weighted by atomic mass is 16.2. The van der Waals surface area contributed by atoms with Crippen molar-refractivity contribution in [3.05, 3.63) is 35.4 Å². The highest BCUT2D eigenvalue weighted by Crippen LogP contribution is 2.34. The molecular weight excluding hydrogens is 212 g/mol. The van der Waals surface area contributed by atoms with E-state index in [1.807, 2.05) is 18.2 Å². The molecule has 0 fully saturated rings. The summed E-state index contributed by atoms with van der Waals surface area (Å²) < 4.78 is 0. The molecule has 92 valence electrons. The smallest absolute Gasteiger partial charge is 0.228 e. The van der Waals surface area contributed by atoms with Gasteiger partial charge in [-0.05, 0) is 24.0 Å². The van der Waals surface area contributed by atoms with Gasteiger partial charge in [0.1, 0.15) is 0 Å². The molecule has 0 bridgehead atoms. The lowest BCUT2D eigenvalue weighted by molar-refractivity contribution is -0.123. The second-order valence-electron chi connectivity index (χ2n) is 4.69. The van der Waals surface area contributed by atoms with Gasteiger partial charge in [-0.15, -0.1) is 0 Å². The SMILES string of the molecule is CCCC(CN)NC(=O)C1Cc2ccccc21. The van der Waals surface area contributed by atoms with Crippen molar-refractivity contribution in [3.63, 3.8) is 0 Å². The van der Waals surface area contributed by atoms with Crippen LogP contribution in [0.4, 0.5) is 0 Å². The number of benzene rings is 1. The summed E-state index contributed by atoms with van der Waals surface area (Å²) in [5.41, 5.74) is 8.12. The fourth-order valence-corrected chi connectivity index (χ4v) is 2.39. The molecule has 0 saturated heterocycles. The van der Waals surface area contributed by atoms with Gasteiger partial charge in [-0.3, -0.25) is 4.79 Å². The third kappa shape index (κ3) is 2.50. The molecule has 1 aliphatic rings. The van der Waals surface area contributed by atoms with E-state index in [0.717, 1.165) is 19.3 Å². The van der Waals surface area contributed by atoms with Crippen molar-refractivity contribution >= 4 is 5.91 Å². The first kappa shape index (κ1) is 12.1. The second kappa shape index (κ2) is 5.32. The molecule has 1 aromatic carbocycles. The van der Waals surface area contributed by atoms with Crippen LogP contribution in [0.1, 0.15) is 36.8 Å². The van der Waals surface area contributed by atoms with Crippen LogP contribution in [0.3, 0.4) is 0 Å². The van der Waals surface area contributed by atoms with Crippen molar-refractivity contribution < 1.29 is 4.79 Å². The van der Waals surface area contributed by atoms with E-state index in [9.17, 15) is 4.79 Å². The number of rotatable bonds is 5. The molecule has 1 aromatic rings. The fourth-order valence-electron chi connectivity index (χ4n) is 2.39. The molecule has 0 aliphatic heterocycles. The van der Waals surface area contributed by atoms with Gasteiger partial charge in [0.2, 0.25) is 5.91 Å². The summed E-state index contributed by atoms with van der Waals surface area (Å²) in [6.45, 7) is 2.63. The summed E-state index contributed by atoms with van der Waals surface area (Å²) in [4.78, 5) is 12.1. The maximum Gasteiger partial charge on any atom is 0.228 e. The van der Waals surface area contributed by atoms with Gasteiger partial charge in [-0.2, -0.15) is 0 Å². The molecule has 2 unspecified atom stereocenters. The molecule has 1 aliphatic carbocycles. The minimum Gasteiger partial charge on any atom is -0.352 e. The molecule has 3 nitrogen and oxygen atoms in total. The third-order valence-electron chi connectivity index (χ3n) is 3.44. The Morgan fingerprint density at radius 3 is 2.94 bits per heavy atom. The number of hydrogen-bond acceptors (Lipinski definition) is 2. The lowest BCUT2D eigenvalue weighted by Gasteiger charge is -2.30. The molecule has 3 N–H and O–H groups in total. The van der Waals surface area contributed by atoms with Gasteiger partial charge in [0.15, 0.2) is 0 Å². The van der Waals surface area contributed by atoms with Crippen LogP contribution in [0, 0.1) is 0 Å². The molecule has 0 radical (unpaired) electrons. The Balaban J connectivity index is 1.95. The van der Waals surface area contributed by atoms with Gasteiger partial charge in [-0.25, -0.2) is 0 Å². The number of carbonyl (C=O) groups excluding carboxylic acids is 1. The Morgan fingerprint density at radius 1 is 1.53 bits per heavy atom. The normalized spacial score (nSPS) is 19.1. The van der Waals surface area contributed by atoms with Gasteiger partial charge < -0.3 is 11.1 Å². The van der Waals surface area contributed by atoms with Crippen molar-refractivity contribution in [1.82, 2.24) is 5.32 Å². The molecule has 17 heavy (non-hydrogen) atoms. The first-order chi connectivity index (χ1) is 8.26. The summed E-state index contributed by atoms with van der Waals surface area (Å²) >= 11 is 0. The molecule has 3 heteroatoms. The van der Waals surface area contributed by atoms with Gasteiger partial charge >= 0.3 is 0 Å². The molecule has 0 heterocycles. The lowest BCUT2D eigenvalue weighted by Crippen LogP contribution is -2.44. The lowest BCUT2D eigenvalue weighted by atomic mass is 9.77. The van der Waals surface area contributed by atoms with E-state index in [2.05, 4.69) is 18.3 Å². The number of carbonyl (C=O) groups is 1. The Hall–Kier alpha value is -1.35. The van der Waals surface area contributed by atoms with Crippen LogP contribution in [0.2, 0.25) is 0 Å². The maximum absolute atomic E-state index is 12.1. The monoisotopic (exact) mass is 232 g/mol. The molecule has 0 spiro atoms. The number of nitrogens with two attached hydrogens (primary N) is 1. The zero-order valence-electron chi connectivity index (χ0n) is 10.3. The minimum absolute atomic E-state index is 0.0390. The van der Waals surface area contributed by atoms with E-state index in [1.165, 1.54) is 11.1 Å². The highest BCUT2D eigenvalue weighted by molar-refractivity contribution is 5.87. The average Bonchev–Trinajstić information content (AvgIpc) is 2.30. The molecule has 2 rings (SSSR count). The van der Waals surface area contributed by atoms with Crippen molar-refractivity contribution in [3.8, 4) is 0 Å². The van der Waals surface area contributed by atoms with E-state index < -0.39 is 0 Å². The van der Waals surface area contributed by atoms with Crippen LogP contribution in [-0.2, 0) is 11.2 Å². The van der Waals surface area contributed by atoms with Crippen LogP contribution in [0.5, 0.6) is 0 Å². The number of hydrogen-bond donors (Lipinski definition) is 2. The Bertz CT molecular complexity index is 403. The maximum atomic E-state index is 12.1. The van der Waals surface area contributed by atoms with Crippen molar-refractivity contribution in [2.24, 2.45) is 5.73 Å². The number of nitrogens with one attached hydrogen (secondary N) is 1. The zero-order valence-corrected chi connectivity index (χ0v) is 10.3. The van der Waals surface area contributed by atoms with Crippen LogP contribution in [0.25, 0.3) is 0 Å². The van der Waals surface area contributed by atoms with E-state index in [0.29, 0.717) is 6.54 Å². The Morgan fingerprint density at radius 2 is 2.29 bits per heavy atom. The van der Waals surface area contributed by atoms with E-state index in [-0.39, 0.29) is 17.9 Å². The summed E-state index contributed by atoms with van der Waals surface area (Å²) in [7, 11) is 0. The van der Waals surface area contributed by atoms with Crippen molar-refractivity contribution in [1.29, 1.82) is 0 Å². The Labute approximate surface area is 102 Å². The second-order valence-corrected chi connectivity index (χ2v) is 4.69. The topological polar surface area (TPSA) is 55.1 Å². The van der Waals surface area contributed by atoms with Crippen LogP contribution in [-0.4, -0.2) is 18.5 Å². The zero-order chi connectivity index (χ0) is 12.3. The molecular formula is C14H20N2O. The summed E-state index contributed by atoms with van der Waals surface area (Å²) in [6, 6.07) is 8.27.